The van der Waals surface area contributed by atoms with Crippen LogP contribution in [0.3, 0.4) is 0 Å². The Morgan fingerprint density at radius 3 is 2.55 bits per heavy atom. The summed E-state index contributed by atoms with van der Waals surface area (Å²) in [6.45, 7) is 5.95. The first-order chi connectivity index (χ1) is 14.8. The van der Waals surface area contributed by atoms with Crippen molar-refractivity contribution in [1.29, 1.82) is 0 Å². The SMILES string of the molecule is Cc1ccc(-c2nc3cc(NC(=O)COc4c(C)cc(Br)cc4Br)ccc3o2)cc1C. The van der Waals surface area contributed by atoms with Crippen LogP contribution in [0.4, 0.5) is 5.69 Å². The molecule has 0 aliphatic rings. The highest BCUT2D eigenvalue weighted by Crippen LogP contribution is 2.32. The maximum atomic E-state index is 12.4. The average Bonchev–Trinajstić information content (AvgIpc) is 3.12. The Morgan fingerprint density at radius 1 is 1.00 bits per heavy atom. The van der Waals surface area contributed by atoms with E-state index in [4.69, 9.17) is 9.15 Å². The summed E-state index contributed by atoms with van der Waals surface area (Å²) in [5, 5.41) is 2.85. The van der Waals surface area contributed by atoms with Crippen molar-refractivity contribution in [2.24, 2.45) is 0 Å². The minimum Gasteiger partial charge on any atom is -0.482 e. The van der Waals surface area contributed by atoms with Crippen molar-refractivity contribution in [1.82, 2.24) is 4.98 Å². The third-order valence-electron chi connectivity index (χ3n) is 4.97. The van der Waals surface area contributed by atoms with Crippen LogP contribution in [0.15, 0.2) is 61.9 Å². The van der Waals surface area contributed by atoms with E-state index in [1.807, 2.05) is 25.1 Å². The Bertz CT molecular complexity index is 1270. The lowest BCUT2D eigenvalue weighted by molar-refractivity contribution is -0.118. The van der Waals surface area contributed by atoms with E-state index in [0.717, 1.165) is 20.1 Å². The number of carbonyl (C=O) groups is 1. The van der Waals surface area contributed by atoms with Crippen molar-refractivity contribution in [3.63, 3.8) is 0 Å². The molecule has 3 aromatic carbocycles. The van der Waals surface area contributed by atoms with Crippen LogP contribution in [0.25, 0.3) is 22.6 Å². The zero-order valence-electron chi connectivity index (χ0n) is 17.3. The molecule has 0 unspecified atom stereocenters. The molecule has 4 rings (SSSR count). The quantitative estimate of drug-likeness (QED) is 0.295. The molecular weight excluding hydrogens is 524 g/mol. The van der Waals surface area contributed by atoms with Gasteiger partial charge in [-0.15, -0.1) is 0 Å². The second-order valence-corrected chi connectivity index (χ2v) is 9.14. The van der Waals surface area contributed by atoms with Gasteiger partial charge in [0.25, 0.3) is 5.91 Å². The van der Waals surface area contributed by atoms with E-state index in [-0.39, 0.29) is 12.5 Å². The molecule has 0 bridgehead atoms. The van der Waals surface area contributed by atoms with Crippen molar-refractivity contribution in [2.45, 2.75) is 20.8 Å². The molecule has 5 nitrogen and oxygen atoms in total. The minimum atomic E-state index is -0.258. The monoisotopic (exact) mass is 542 g/mol. The van der Waals surface area contributed by atoms with Gasteiger partial charge in [0.2, 0.25) is 5.89 Å². The molecule has 7 heteroatoms. The number of nitrogens with one attached hydrogen (secondary N) is 1. The van der Waals surface area contributed by atoms with Crippen LogP contribution in [0, 0.1) is 20.8 Å². The zero-order valence-corrected chi connectivity index (χ0v) is 20.4. The van der Waals surface area contributed by atoms with Crippen LogP contribution in [0.1, 0.15) is 16.7 Å². The van der Waals surface area contributed by atoms with E-state index in [1.54, 1.807) is 18.2 Å². The molecule has 0 saturated carbocycles. The number of nitrogens with zero attached hydrogens (tertiary/aromatic N) is 1. The number of aromatic nitrogens is 1. The lowest BCUT2D eigenvalue weighted by Crippen LogP contribution is -2.20. The number of benzene rings is 3. The molecular formula is C24H20Br2N2O3. The molecule has 0 saturated heterocycles. The summed E-state index contributed by atoms with van der Waals surface area (Å²) < 4.78 is 13.3. The van der Waals surface area contributed by atoms with Crippen LogP contribution in [0.5, 0.6) is 5.75 Å². The highest BCUT2D eigenvalue weighted by Gasteiger charge is 2.13. The fourth-order valence-electron chi connectivity index (χ4n) is 3.21. The van der Waals surface area contributed by atoms with Gasteiger partial charge in [0, 0.05) is 15.7 Å². The molecule has 0 radical (unpaired) electrons. The van der Waals surface area contributed by atoms with Crippen molar-refractivity contribution in [3.05, 3.63) is 74.2 Å². The summed E-state index contributed by atoms with van der Waals surface area (Å²) in [5.74, 6) is 0.940. The Hall–Kier alpha value is -2.64. The number of oxazole rings is 1. The van der Waals surface area contributed by atoms with Gasteiger partial charge in [-0.3, -0.25) is 4.79 Å². The van der Waals surface area contributed by atoms with E-state index in [2.05, 4.69) is 68.1 Å². The predicted molar refractivity (Wildman–Crippen MR) is 130 cm³/mol. The minimum absolute atomic E-state index is 0.105. The molecule has 4 aromatic rings. The second-order valence-electron chi connectivity index (χ2n) is 7.37. The summed E-state index contributed by atoms with van der Waals surface area (Å²) in [6, 6.07) is 15.3. The van der Waals surface area contributed by atoms with Crippen molar-refractivity contribution in [2.75, 3.05) is 11.9 Å². The van der Waals surface area contributed by atoms with Crippen LogP contribution in [-0.2, 0) is 4.79 Å². The Kier molecular flexibility index (Phi) is 6.16. The fraction of sp³-hybridized carbons (Fsp3) is 0.167. The van der Waals surface area contributed by atoms with E-state index >= 15 is 0 Å². The highest BCUT2D eigenvalue weighted by molar-refractivity contribution is 9.11. The molecule has 0 spiro atoms. The molecule has 1 N–H and O–H groups in total. The molecule has 1 amide bonds. The molecule has 0 atom stereocenters. The lowest BCUT2D eigenvalue weighted by atomic mass is 10.1. The first-order valence-electron chi connectivity index (χ1n) is 9.66. The average molecular weight is 544 g/mol. The normalized spacial score (nSPS) is 11.0. The fourth-order valence-corrected chi connectivity index (χ4v) is 4.76. The van der Waals surface area contributed by atoms with Crippen molar-refractivity contribution in [3.8, 4) is 17.2 Å². The molecule has 1 aromatic heterocycles. The smallest absolute Gasteiger partial charge is 0.262 e. The van der Waals surface area contributed by atoms with Crippen LogP contribution in [0.2, 0.25) is 0 Å². The molecule has 31 heavy (non-hydrogen) atoms. The topological polar surface area (TPSA) is 64.4 Å². The summed E-state index contributed by atoms with van der Waals surface area (Å²) in [5.41, 5.74) is 6.23. The molecule has 158 valence electrons. The molecule has 0 fully saturated rings. The van der Waals surface area contributed by atoms with Gasteiger partial charge in [-0.25, -0.2) is 4.98 Å². The number of ether oxygens (including phenoxy) is 1. The number of hydrogen-bond acceptors (Lipinski definition) is 4. The van der Waals surface area contributed by atoms with Gasteiger partial charge in [-0.05, 0) is 95.9 Å². The maximum Gasteiger partial charge on any atom is 0.262 e. The Morgan fingerprint density at radius 2 is 1.81 bits per heavy atom. The number of aryl methyl sites for hydroxylation is 3. The summed E-state index contributed by atoms with van der Waals surface area (Å²) in [7, 11) is 0. The maximum absolute atomic E-state index is 12.4. The zero-order chi connectivity index (χ0) is 22.1. The van der Waals surface area contributed by atoms with E-state index in [1.165, 1.54) is 11.1 Å². The first-order valence-corrected chi connectivity index (χ1v) is 11.3. The van der Waals surface area contributed by atoms with E-state index in [0.29, 0.717) is 28.4 Å². The summed E-state index contributed by atoms with van der Waals surface area (Å²) in [4.78, 5) is 17.0. The summed E-state index contributed by atoms with van der Waals surface area (Å²) in [6.07, 6.45) is 0. The Labute approximate surface area is 197 Å². The van der Waals surface area contributed by atoms with E-state index < -0.39 is 0 Å². The molecule has 0 aliphatic carbocycles. The number of fused-ring (bicyclic) bond motifs is 1. The molecule has 1 heterocycles. The third kappa shape index (κ3) is 4.83. The van der Waals surface area contributed by atoms with E-state index in [9.17, 15) is 4.79 Å². The van der Waals surface area contributed by atoms with Crippen LogP contribution in [-0.4, -0.2) is 17.5 Å². The van der Waals surface area contributed by atoms with Crippen LogP contribution >= 0.6 is 31.9 Å². The van der Waals surface area contributed by atoms with Crippen molar-refractivity contribution < 1.29 is 13.9 Å². The number of anilines is 1. The second kappa shape index (κ2) is 8.85. The van der Waals surface area contributed by atoms with Gasteiger partial charge in [-0.2, -0.15) is 0 Å². The lowest BCUT2D eigenvalue weighted by Gasteiger charge is -2.12. The number of hydrogen-bond donors (Lipinski definition) is 1. The predicted octanol–water partition coefficient (Wildman–Crippen LogP) is 6.96. The highest BCUT2D eigenvalue weighted by atomic mass is 79.9. The number of carbonyl (C=O) groups excluding carboxylic acids is 1. The summed E-state index contributed by atoms with van der Waals surface area (Å²) >= 11 is 6.90. The number of halogens is 2. The van der Waals surface area contributed by atoms with Crippen molar-refractivity contribution >= 4 is 54.6 Å². The van der Waals surface area contributed by atoms with Gasteiger partial charge in [0.05, 0.1) is 4.47 Å². The molecule has 0 aliphatic heterocycles. The van der Waals surface area contributed by atoms with Gasteiger partial charge in [-0.1, -0.05) is 22.0 Å². The largest absolute Gasteiger partial charge is 0.482 e. The van der Waals surface area contributed by atoms with Gasteiger partial charge in [0.1, 0.15) is 11.3 Å². The first kappa shape index (κ1) is 21.6. The van der Waals surface area contributed by atoms with Gasteiger partial charge in [0.15, 0.2) is 12.2 Å². The number of rotatable bonds is 5. The third-order valence-corrected chi connectivity index (χ3v) is 6.01. The number of amides is 1. The standard InChI is InChI=1S/C24H20Br2N2O3/c1-13-4-5-16(8-14(13)2)24-28-20-11-18(6-7-21(20)31-24)27-22(29)12-30-23-15(3)9-17(25)10-19(23)26/h4-11H,12H2,1-3H3,(H,27,29). The van der Waals surface area contributed by atoms with Gasteiger partial charge < -0.3 is 14.5 Å². The Balaban J connectivity index is 1.47. The van der Waals surface area contributed by atoms with Crippen LogP contribution < -0.4 is 10.1 Å². The van der Waals surface area contributed by atoms with Gasteiger partial charge >= 0.3 is 0 Å².